The second kappa shape index (κ2) is 4.24. The monoisotopic (exact) mass is 209 g/mol. The highest BCUT2D eigenvalue weighted by Gasteiger charge is 2.14. The van der Waals surface area contributed by atoms with E-state index in [1.807, 2.05) is 7.05 Å². The van der Waals surface area contributed by atoms with Gasteiger partial charge in [0.05, 0.1) is 6.61 Å². The fourth-order valence-electron chi connectivity index (χ4n) is 1.79. The van der Waals surface area contributed by atoms with E-state index in [0.29, 0.717) is 6.04 Å². The minimum Gasteiger partial charge on any atom is -0.493 e. The summed E-state index contributed by atoms with van der Waals surface area (Å²) in [6.45, 7) is 0.823. The molecule has 1 atom stereocenters. The fraction of sp³-hybridized carbons (Fsp3) is 0.455. The quantitative estimate of drug-likeness (QED) is 0.741. The standard InChI is InChI=1S/C11H15NOS/c1-12-10(7-14)8-2-3-11-9(6-8)4-5-13-11/h2-3,6,10,12,14H,4-5,7H2,1H3. The second-order valence-corrected chi connectivity index (χ2v) is 3.85. The molecule has 1 aliphatic rings. The van der Waals surface area contributed by atoms with E-state index in [0.717, 1.165) is 24.5 Å². The van der Waals surface area contributed by atoms with Gasteiger partial charge in [-0.1, -0.05) is 12.1 Å². The molecule has 76 valence electrons. The van der Waals surface area contributed by atoms with Gasteiger partial charge in [-0.3, -0.25) is 0 Å². The fourth-order valence-corrected chi connectivity index (χ4v) is 2.18. The van der Waals surface area contributed by atoms with Crippen molar-refractivity contribution < 1.29 is 4.74 Å². The summed E-state index contributed by atoms with van der Waals surface area (Å²) in [5, 5.41) is 3.24. The largest absolute Gasteiger partial charge is 0.493 e. The summed E-state index contributed by atoms with van der Waals surface area (Å²) in [5.74, 6) is 1.86. The summed E-state index contributed by atoms with van der Waals surface area (Å²) in [6, 6.07) is 6.73. The van der Waals surface area contributed by atoms with Crippen LogP contribution in [-0.4, -0.2) is 19.4 Å². The molecule has 14 heavy (non-hydrogen) atoms. The molecular weight excluding hydrogens is 194 g/mol. The molecule has 2 nitrogen and oxygen atoms in total. The molecule has 0 saturated heterocycles. The highest BCUT2D eigenvalue weighted by atomic mass is 32.1. The molecule has 1 N–H and O–H groups in total. The molecule has 2 rings (SSSR count). The van der Waals surface area contributed by atoms with Crippen LogP contribution in [0.5, 0.6) is 5.75 Å². The summed E-state index contributed by atoms with van der Waals surface area (Å²) in [4.78, 5) is 0. The molecule has 1 heterocycles. The molecule has 1 aromatic carbocycles. The summed E-state index contributed by atoms with van der Waals surface area (Å²) in [7, 11) is 1.96. The highest BCUT2D eigenvalue weighted by molar-refractivity contribution is 7.80. The smallest absolute Gasteiger partial charge is 0.122 e. The zero-order valence-electron chi connectivity index (χ0n) is 8.29. The van der Waals surface area contributed by atoms with E-state index in [-0.39, 0.29) is 0 Å². The third-order valence-corrected chi connectivity index (χ3v) is 3.01. The first-order valence-electron chi connectivity index (χ1n) is 4.89. The van der Waals surface area contributed by atoms with Crippen molar-refractivity contribution in [2.75, 3.05) is 19.4 Å². The lowest BCUT2D eigenvalue weighted by molar-refractivity contribution is 0.357. The Hall–Kier alpha value is -0.670. The summed E-state index contributed by atoms with van der Waals surface area (Å²) < 4.78 is 5.46. The Balaban J connectivity index is 2.27. The molecule has 3 heteroatoms. The number of hydrogen-bond acceptors (Lipinski definition) is 3. The average molecular weight is 209 g/mol. The van der Waals surface area contributed by atoms with Crippen molar-refractivity contribution in [1.82, 2.24) is 5.32 Å². The highest BCUT2D eigenvalue weighted by Crippen LogP contribution is 2.28. The molecule has 0 spiro atoms. The third kappa shape index (κ3) is 1.74. The zero-order chi connectivity index (χ0) is 9.97. The Bertz CT molecular complexity index is 323. The first-order valence-corrected chi connectivity index (χ1v) is 5.52. The molecule has 1 aromatic rings. The molecule has 0 saturated carbocycles. The van der Waals surface area contributed by atoms with Gasteiger partial charge in [-0.05, 0) is 24.2 Å². The predicted molar refractivity (Wildman–Crippen MR) is 61.3 cm³/mol. The van der Waals surface area contributed by atoms with E-state index >= 15 is 0 Å². The Morgan fingerprint density at radius 2 is 2.43 bits per heavy atom. The lowest BCUT2D eigenvalue weighted by Gasteiger charge is -2.14. The lowest BCUT2D eigenvalue weighted by atomic mass is 10.0. The SMILES string of the molecule is CNC(CS)c1ccc2c(c1)CCO2. The van der Waals surface area contributed by atoms with E-state index in [1.54, 1.807) is 0 Å². The summed E-state index contributed by atoms with van der Waals surface area (Å²) in [6.07, 6.45) is 1.03. The molecule has 0 radical (unpaired) electrons. The summed E-state index contributed by atoms with van der Waals surface area (Å²) in [5.41, 5.74) is 2.62. The van der Waals surface area contributed by atoms with Gasteiger partial charge in [-0.2, -0.15) is 12.6 Å². The predicted octanol–water partition coefficient (Wildman–Crippen LogP) is 1.81. The normalized spacial score (nSPS) is 16.1. The first kappa shape index (κ1) is 9.87. The Morgan fingerprint density at radius 1 is 1.57 bits per heavy atom. The Labute approximate surface area is 90.1 Å². The lowest BCUT2D eigenvalue weighted by Crippen LogP contribution is -2.17. The Kier molecular flexibility index (Phi) is 2.99. The van der Waals surface area contributed by atoms with E-state index in [9.17, 15) is 0 Å². The van der Waals surface area contributed by atoms with Crippen LogP contribution in [0.1, 0.15) is 17.2 Å². The van der Waals surface area contributed by atoms with Crippen LogP contribution in [0.3, 0.4) is 0 Å². The van der Waals surface area contributed by atoms with Gasteiger partial charge in [0.1, 0.15) is 5.75 Å². The number of fused-ring (bicyclic) bond motifs is 1. The van der Waals surface area contributed by atoms with E-state index in [4.69, 9.17) is 4.74 Å². The van der Waals surface area contributed by atoms with Gasteiger partial charge in [0.25, 0.3) is 0 Å². The van der Waals surface area contributed by atoms with Crippen LogP contribution in [0, 0.1) is 0 Å². The average Bonchev–Trinajstić information content (AvgIpc) is 2.66. The first-order chi connectivity index (χ1) is 6.85. The molecule has 1 unspecified atom stereocenters. The van der Waals surface area contributed by atoms with Crippen LogP contribution in [0.2, 0.25) is 0 Å². The minimum atomic E-state index is 0.337. The van der Waals surface area contributed by atoms with Crippen LogP contribution in [0.15, 0.2) is 18.2 Å². The van der Waals surface area contributed by atoms with Crippen molar-refractivity contribution in [2.24, 2.45) is 0 Å². The van der Waals surface area contributed by atoms with Gasteiger partial charge in [0, 0.05) is 18.2 Å². The van der Waals surface area contributed by atoms with Gasteiger partial charge in [0.15, 0.2) is 0 Å². The van der Waals surface area contributed by atoms with Gasteiger partial charge < -0.3 is 10.1 Å². The van der Waals surface area contributed by atoms with E-state index in [2.05, 4.69) is 36.1 Å². The zero-order valence-corrected chi connectivity index (χ0v) is 9.18. The third-order valence-electron chi connectivity index (χ3n) is 2.65. The maximum atomic E-state index is 5.46. The van der Waals surface area contributed by atoms with Gasteiger partial charge in [-0.25, -0.2) is 0 Å². The molecule has 0 aromatic heterocycles. The Morgan fingerprint density at radius 3 is 3.14 bits per heavy atom. The topological polar surface area (TPSA) is 21.3 Å². The molecule has 0 aliphatic carbocycles. The number of rotatable bonds is 3. The van der Waals surface area contributed by atoms with Gasteiger partial charge >= 0.3 is 0 Å². The van der Waals surface area contributed by atoms with Crippen molar-refractivity contribution in [3.63, 3.8) is 0 Å². The number of thiol groups is 1. The molecule has 0 fully saturated rings. The van der Waals surface area contributed by atoms with Crippen LogP contribution in [0.25, 0.3) is 0 Å². The van der Waals surface area contributed by atoms with E-state index in [1.165, 1.54) is 11.1 Å². The van der Waals surface area contributed by atoms with Gasteiger partial charge in [-0.15, -0.1) is 0 Å². The van der Waals surface area contributed by atoms with E-state index < -0.39 is 0 Å². The molecule has 0 amide bonds. The number of benzene rings is 1. The van der Waals surface area contributed by atoms with Crippen molar-refractivity contribution >= 4 is 12.6 Å². The van der Waals surface area contributed by atoms with Crippen LogP contribution in [0.4, 0.5) is 0 Å². The summed E-state index contributed by atoms with van der Waals surface area (Å²) >= 11 is 4.32. The number of ether oxygens (including phenoxy) is 1. The van der Waals surface area contributed by atoms with Crippen LogP contribution < -0.4 is 10.1 Å². The number of hydrogen-bond donors (Lipinski definition) is 2. The van der Waals surface area contributed by atoms with Gasteiger partial charge in [0.2, 0.25) is 0 Å². The maximum Gasteiger partial charge on any atom is 0.122 e. The maximum absolute atomic E-state index is 5.46. The number of nitrogens with one attached hydrogen (secondary N) is 1. The van der Waals surface area contributed by atoms with Crippen molar-refractivity contribution in [3.05, 3.63) is 29.3 Å². The molecule has 0 bridgehead atoms. The molecule has 1 aliphatic heterocycles. The van der Waals surface area contributed by atoms with Crippen molar-refractivity contribution in [1.29, 1.82) is 0 Å². The van der Waals surface area contributed by atoms with Crippen LogP contribution >= 0.6 is 12.6 Å². The van der Waals surface area contributed by atoms with Crippen LogP contribution in [-0.2, 0) is 6.42 Å². The van der Waals surface area contributed by atoms with Crippen molar-refractivity contribution in [3.8, 4) is 5.75 Å². The minimum absolute atomic E-state index is 0.337. The second-order valence-electron chi connectivity index (χ2n) is 3.49. The molecular formula is C11H15NOS. The van der Waals surface area contributed by atoms with Crippen molar-refractivity contribution in [2.45, 2.75) is 12.5 Å².